The van der Waals surface area contributed by atoms with Crippen LogP contribution in [0.2, 0.25) is 0 Å². The number of nitrogens with zero attached hydrogens (tertiary/aromatic N) is 5. The van der Waals surface area contributed by atoms with E-state index in [9.17, 15) is 0 Å². The zero-order valence-electron chi connectivity index (χ0n) is 15.8. The summed E-state index contributed by atoms with van der Waals surface area (Å²) in [5.74, 6) is 1.61. The summed E-state index contributed by atoms with van der Waals surface area (Å²) in [6.07, 6.45) is 12.3. The summed E-state index contributed by atoms with van der Waals surface area (Å²) in [7, 11) is 0. The smallest absolute Gasteiger partial charge is 0.131 e. The molecule has 1 aromatic rings. The predicted molar refractivity (Wildman–Crippen MR) is 106 cm³/mol. The van der Waals surface area contributed by atoms with E-state index < -0.39 is 0 Å². The second kappa shape index (κ2) is 6.58. The van der Waals surface area contributed by atoms with E-state index in [1.54, 1.807) is 6.20 Å². The fourth-order valence-corrected chi connectivity index (χ4v) is 4.37. The maximum atomic E-state index is 5.95. The molecule has 1 aromatic heterocycles. The van der Waals surface area contributed by atoms with E-state index in [2.05, 4.69) is 55.6 Å². The molecule has 1 aliphatic carbocycles. The SMILES string of the molecule is CC1=C(c2ccnc(N)c2)N2C(=CC=CN2N2CCN(C3CCC3)CC2)N1. The Labute approximate surface area is 160 Å². The van der Waals surface area contributed by atoms with Crippen molar-refractivity contribution in [2.45, 2.75) is 32.2 Å². The summed E-state index contributed by atoms with van der Waals surface area (Å²) >= 11 is 0. The van der Waals surface area contributed by atoms with Crippen LogP contribution in [0, 0.1) is 0 Å². The second-order valence-electron chi connectivity index (χ2n) is 7.67. The lowest BCUT2D eigenvalue weighted by molar-refractivity contribution is -0.123. The van der Waals surface area contributed by atoms with Gasteiger partial charge in [-0.2, -0.15) is 5.01 Å². The molecule has 0 unspecified atom stereocenters. The van der Waals surface area contributed by atoms with Gasteiger partial charge >= 0.3 is 0 Å². The lowest BCUT2D eigenvalue weighted by Gasteiger charge is -2.48. The van der Waals surface area contributed by atoms with E-state index in [0.29, 0.717) is 5.82 Å². The van der Waals surface area contributed by atoms with E-state index in [0.717, 1.165) is 55.0 Å². The highest BCUT2D eigenvalue weighted by Gasteiger charge is 2.36. The number of hydrogen-bond donors (Lipinski definition) is 2. The summed E-state index contributed by atoms with van der Waals surface area (Å²) in [5.41, 5.74) is 9.27. The van der Waals surface area contributed by atoms with Crippen molar-refractivity contribution in [1.29, 1.82) is 0 Å². The third kappa shape index (κ3) is 2.87. The summed E-state index contributed by atoms with van der Waals surface area (Å²) in [4.78, 5) is 6.81. The van der Waals surface area contributed by atoms with Gasteiger partial charge in [0, 0.05) is 55.9 Å². The maximum absolute atomic E-state index is 5.95. The number of aromatic nitrogens is 1. The topological polar surface area (TPSA) is 63.9 Å². The number of fused-ring (bicyclic) bond motifs is 1. The zero-order valence-corrected chi connectivity index (χ0v) is 15.8. The van der Waals surface area contributed by atoms with Crippen LogP contribution in [0.5, 0.6) is 0 Å². The monoisotopic (exact) mass is 365 g/mol. The van der Waals surface area contributed by atoms with Crippen LogP contribution in [-0.2, 0) is 0 Å². The molecular weight excluding hydrogens is 338 g/mol. The van der Waals surface area contributed by atoms with Gasteiger partial charge in [-0.05, 0) is 44.1 Å². The molecule has 4 heterocycles. The summed E-state index contributed by atoms with van der Waals surface area (Å²) in [6, 6.07) is 4.78. The fraction of sp³-hybridized carbons (Fsp3) is 0.450. The first-order valence-electron chi connectivity index (χ1n) is 9.87. The number of hydrazine groups is 2. The molecule has 5 rings (SSSR count). The molecule has 3 N–H and O–H groups in total. The Balaban J connectivity index is 1.39. The summed E-state index contributed by atoms with van der Waals surface area (Å²) < 4.78 is 0. The van der Waals surface area contributed by atoms with Gasteiger partial charge in [0.15, 0.2) is 0 Å². The van der Waals surface area contributed by atoms with Crippen LogP contribution in [0.25, 0.3) is 5.70 Å². The van der Waals surface area contributed by atoms with Gasteiger partial charge in [0.25, 0.3) is 0 Å². The van der Waals surface area contributed by atoms with Crippen molar-refractivity contribution in [2.24, 2.45) is 0 Å². The first kappa shape index (κ1) is 16.6. The quantitative estimate of drug-likeness (QED) is 0.848. The molecule has 0 atom stereocenters. The van der Waals surface area contributed by atoms with Crippen molar-refractivity contribution in [3.8, 4) is 0 Å². The summed E-state index contributed by atoms with van der Waals surface area (Å²) in [5, 5.41) is 10.5. The molecule has 2 fully saturated rings. The van der Waals surface area contributed by atoms with Crippen LogP contribution in [0.1, 0.15) is 31.7 Å². The molecule has 142 valence electrons. The van der Waals surface area contributed by atoms with Gasteiger partial charge < -0.3 is 11.1 Å². The number of nitrogens with one attached hydrogen (secondary N) is 1. The molecule has 0 spiro atoms. The Kier molecular flexibility index (Phi) is 4.06. The molecule has 4 aliphatic rings. The molecule has 1 saturated carbocycles. The molecular formula is C20H27N7. The molecule has 1 saturated heterocycles. The molecule has 3 aliphatic heterocycles. The standard InChI is InChI=1S/C20H27N7/c1-15-20(16-7-8-22-18(21)14-16)27-19(23-15)6-3-9-26(27)25-12-10-24(11-13-25)17-4-2-5-17/h3,6-9,14,17,23H,2,4-5,10-13H2,1H3,(H2,21,22). The highest BCUT2D eigenvalue weighted by atomic mass is 15.9. The highest BCUT2D eigenvalue weighted by Crippen LogP contribution is 2.36. The Morgan fingerprint density at radius 3 is 2.70 bits per heavy atom. The largest absolute Gasteiger partial charge is 0.384 e. The van der Waals surface area contributed by atoms with E-state index >= 15 is 0 Å². The number of rotatable bonds is 3. The maximum Gasteiger partial charge on any atom is 0.131 e. The average Bonchev–Trinajstić information content (AvgIpc) is 2.97. The third-order valence-corrected chi connectivity index (χ3v) is 6.02. The number of nitrogens with two attached hydrogens (primary N) is 1. The van der Waals surface area contributed by atoms with E-state index in [-0.39, 0.29) is 0 Å². The van der Waals surface area contributed by atoms with E-state index in [4.69, 9.17) is 5.73 Å². The van der Waals surface area contributed by atoms with E-state index in [1.165, 1.54) is 19.3 Å². The number of nitrogen functional groups attached to an aromatic ring is 1. The van der Waals surface area contributed by atoms with Crippen LogP contribution >= 0.6 is 0 Å². The predicted octanol–water partition coefficient (Wildman–Crippen LogP) is 1.93. The Morgan fingerprint density at radius 1 is 1.19 bits per heavy atom. The van der Waals surface area contributed by atoms with E-state index in [1.807, 2.05) is 12.1 Å². The first-order chi connectivity index (χ1) is 13.2. The third-order valence-electron chi connectivity index (χ3n) is 6.02. The molecule has 0 amide bonds. The number of hydrogen-bond acceptors (Lipinski definition) is 7. The van der Waals surface area contributed by atoms with Gasteiger partial charge in [0.05, 0.1) is 5.70 Å². The second-order valence-corrected chi connectivity index (χ2v) is 7.67. The fourth-order valence-electron chi connectivity index (χ4n) is 4.37. The minimum Gasteiger partial charge on any atom is -0.384 e. The van der Waals surface area contributed by atoms with Gasteiger partial charge in [0.1, 0.15) is 11.6 Å². The molecule has 7 nitrogen and oxygen atoms in total. The van der Waals surface area contributed by atoms with Crippen LogP contribution in [-0.4, -0.2) is 57.2 Å². The van der Waals surface area contributed by atoms with Gasteiger partial charge in [-0.3, -0.25) is 4.90 Å². The number of piperazine rings is 1. The average molecular weight is 365 g/mol. The summed E-state index contributed by atoms with van der Waals surface area (Å²) in [6.45, 7) is 6.45. The lowest BCUT2D eigenvalue weighted by atomic mass is 9.91. The van der Waals surface area contributed by atoms with Crippen LogP contribution in [0.15, 0.2) is 48.2 Å². The Bertz CT molecular complexity index is 815. The van der Waals surface area contributed by atoms with Crippen molar-refractivity contribution >= 4 is 11.5 Å². The molecule has 7 heteroatoms. The van der Waals surface area contributed by atoms with Crippen LogP contribution < -0.4 is 11.1 Å². The van der Waals surface area contributed by atoms with Crippen molar-refractivity contribution in [2.75, 3.05) is 31.9 Å². The number of pyridine rings is 1. The first-order valence-corrected chi connectivity index (χ1v) is 9.87. The molecule has 0 bridgehead atoms. The molecule has 0 radical (unpaired) electrons. The normalized spacial score (nSPS) is 24.0. The minimum atomic E-state index is 0.540. The van der Waals surface area contributed by atoms with Crippen molar-refractivity contribution in [1.82, 2.24) is 30.3 Å². The van der Waals surface area contributed by atoms with Gasteiger partial charge in [-0.15, -0.1) is 0 Å². The lowest BCUT2D eigenvalue weighted by Crippen LogP contribution is -2.59. The zero-order chi connectivity index (χ0) is 18.4. The minimum absolute atomic E-state index is 0.540. The van der Waals surface area contributed by atoms with Gasteiger partial charge in [0.2, 0.25) is 0 Å². The van der Waals surface area contributed by atoms with Gasteiger partial charge in [-0.1, -0.05) is 6.42 Å². The van der Waals surface area contributed by atoms with Gasteiger partial charge in [-0.25, -0.2) is 15.1 Å². The van der Waals surface area contributed by atoms with Crippen molar-refractivity contribution < 1.29 is 0 Å². The Hall–Kier alpha value is -2.51. The Morgan fingerprint density at radius 2 is 2.00 bits per heavy atom. The molecule has 27 heavy (non-hydrogen) atoms. The van der Waals surface area contributed by atoms with Crippen molar-refractivity contribution in [3.05, 3.63) is 53.8 Å². The number of allylic oxidation sites excluding steroid dienone is 3. The highest BCUT2D eigenvalue weighted by molar-refractivity contribution is 5.72. The van der Waals surface area contributed by atoms with Crippen molar-refractivity contribution in [3.63, 3.8) is 0 Å². The van der Waals surface area contributed by atoms with Crippen LogP contribution in [0.3, 0.4) is 0 Å². The van der Waals surface area contributed by atoms with Crippen LogP contribution in [0.4, 0.5) is 5.82 Å². The molecule has 0 aromatic carbocycles. The number of anilines is 1.